The fraction of sp³-hybridized carbons (Fsp3) is 1.00. The smallest absolute Gasteiger partial charge is 1.00 e. The minimum atomic E-state index is 0. The zero-order valence-electron chi connectivity index (χ0n) is 13.6. The summed E-state index contributed by atoms with van der Waals surface area (Å²) in [5, 5.41) is 0. The van der Waals surface area contributed by atoms with Crippen LogP contribution in [0.1, 0.15) is 71.1 Å². The van der Waals surface area contributed by atoms with Gasteiger partial charge >= 0.3 is 29.6 Å². The second-order valence-electron chi connectivity index (χ2n) is 6.20. The van der Waals surface area contributed by atoms with Gasteiger partial charge < -0.3 is 16.9 Å². The summed E-state index contributed by atoms with van der Waals surface area (Å²) in [5.41, 5.74) is 0. The normalized spacial score (nSPS) is 10.7. The van der Waals surface area contributed by atoms with E-state index in [2.05, 4.69) is 28.1 Å². The maximum atomic E-state index is 2.29. The molecule has 0 heterocycles. The average Bonchev–Trinajstić information content (AvgIpc) is 2.19. The third-order valence-electron chi connectivity index (χ3n) is 3.18. The van der Waals surface area contributed by atoms with E-state index in [9.17, 15) is 0 Å². The maximum Gasteiger partial charge on any atom is 1.00 e. The van der Waals surface area contributed by atoms with E-state index in [0.29, 0.717) is 0 Å². The van der Waals surface area contributed by atoms with Crippen LogP contribution in [-0.2, 0) is 0 Å². The van der Waals surface area contributed by atoms with Crippen molar-refractivity contribution in [1.82, 2.24) is 0 Å². The van der Waals surface area contributed by atoms with E-state index in [4.69, 9.17) is 0 Å². The molecule has 0 rings (SSSR count). The molecule has 18 heavy (non-hydrogen) atoms. The summed E-state index contributed by atoms with van der Waals surface area (Å²) in [6.07, 6.45) is 14.4. The second-order valence-corrected chi connectivity index (χ2v) is 6.20. The minimum absolute atomic E-state index is 0. The Morgan fingerprint density at radius 1 is 0.611 bits per heavy atom. The van der Waals surface area contributed by atoms with Gasteiger partial charge in [0.05, 0.1) is 27.7 Å². The van der Waals surface area contributed by atoms with Crippen molar-refractivity contribution in [2.45, 2.75) is 71.1 Å². The molecule has 0 aliphatic rings. The third-order valence-corrected chi connectivity index (χ3v) is 3.18. The van der Waals surface area contributed by atoms with Crippen LogP contribution in [0, 0.1) is 0 Å². The molecule has 0 aliphatic heterocycles. The van der Waals surface area contributed by atoms with Crippen molar-refractivity contribution in [2.75, 3.05) is 27.7 Å². The molecule has 0 saturated heterocycles. The largest absolute Gasteiger partial charge is 1.00 e. The first-order valence-corrected chi connectivity index (χ1v) is 7.36. The van der Waals surface area contributed by atoms with Crippen molar-refractivity contribution in [3.63, 3.8) is 0 Å². The molecule has 0 fully saturated rings. The van der Waals surface area contributed by atoms with Crippen molar-refractivity contribution < 1.29 is 46.4 Å². The van der Waals surface area contributed by atoms with E-state index in [0.717, 1.165) is 4.48 Å². The van der Waals surface area contributed by atoms with Gasteiger partial charge in [-0.25, -0.2) is 0 Å². The van der Waals surface area contributed by atoms with Gasteiger partial charge in [0.1, 0.15) is 0 Å². The van der Waals surface area contributed by atoms with Crippen LogP contribution in [0.4, 0.5) is 0 Å². The average molecular weight is 287 g/mol. The summed E-state index contributed by atoms with van der Waals surface area (Å²) < 4.78 is 1.12. The van der Waals surface area contributed by atoms with Gasteiger partial charge in [-0.2, -0.15) is 0 Å². The number of quaternary nitrogens is 1. The van der Waals surface area contributed by atoms with Crippen LogP contribution in [0.5, 0.6) is 0 Å². The summed E-state index contributed by atoms with van der Waals surface area (Å²) in [6.45, 7) is 3.62. The monoisotopic (exact) mass is 286 g/mol. The number of unbranched alkanes of at least 4 members (excludes halogenated alkanes) is 9. The topological polar surface area (TPSA) is 0 Å². The Morgan fingerprint density at radius 2 is 0.944 bits per heavy atom. The Balaban J connectivity index is -0.00000112. The van der Waals surface area contributed by atoms with E-state index in [1.807, 2.05) is 0 Å². The summed E-state index contributed by atoms with van der Waals surface area (Å²) in [6, 6.07) is 0. The minimum Gasteiger partial charge on any atom is -1.00 e. The standard InChI is InChI=1S/C15H34N.ClH.Na/c1-5-6-7-8-9-10-11-12-13-14-15-16(2,3)4;;/h5-15H2,1-4H3;1H;/q+1;;+1/p-1. The summed E-state index contributed by atoms with van der Waals surface area (Å²) in [7, 11) is 6.86. The van der Waals surface area contributed by atoms with Crippen molar-refractivity contribution in [1.29, 1.82) is 0 Å². The van der Waals surface area contributed by atoms with Crippen molar-refractivity contribution in [2.24, 2.45) is 0 Å². The fourth-order valence-corrected chi connectivity index (χ4v) is 2.07. The van der Waals surface area contributed by atoms with Crippen molar-refractivity contribution >= 4 is 0 Å². The maximum absolute atomic E-state index is 2.29. The van der Waals surface area contributed by atoms with E-state index in [-0.39, 0.29) is 42.0 Å². The molecule has 0 aliphatic carbocycles. The van der Waals surface area contributed by atoms with E-state index in [1.54, 1.807) is 0 Å². The second kappa shape index (κ2) is 16.3. The van der Waals surface area contributed by atoms with Crippen LogP contribution in [0.15, 0.2) is 0 Å². The summed E-state index contributed by atoms with van der Waals surface area (Å²) >= 11 is 0. The zero-order chi connectivity index (χ0) is 12.3. The first-order valence-electron chi connectivity index (χ1n) is 7.36. The fourth-order valence-electron chi connectivity index (χ4n) is 2.07. The van der Waals surface area contributed by atoms with Crippen LogP contribution < -0.4 is 42.0 Å². The molecule has 0 spiro atoms. The molecular weight excluding hydrogens is 253 g/mol. The Labute approximate surface area is 144 Å². The molecule has 0 radical (unpaired) electrons. The molecule has 3 heteroatoms. The Morgan fingerprint density at radius 3 is 1.28 bits per heavy atom. The summed E-state index contributed by atoms with van der Waals surface area (Å²) in [5.74, 6) is 0. The van der Waals surface area contributed by atoms with Gasteiger partial charge in [-0.3, -0.25) is 0 Å². The molecule has 0 N–H and O–H groups in total. The van der Waals surface area contributed by atoms with Gasteiger partial charge in [0.25, 0.3) is 0 Å². The first-order chi connectivity index (χ1) is 7.56. The molecule has 106 valence electrons. The van der Waals surface area contributed by atoms with Gasteiger partial charge in [0, 0.05) is 0 Å². The van der Waals surface area contributed by atoms with Crippen molar-refractivity contribution in [3.8, 4) is 0 Å². The molecular formula is C15H34ClNNa+. The SMILES string of the molecule is CCCCCCCCCCCC[N+](C)(C)C.[Cl-].[Na+]. The van der Waals surface area contributed by atoms with Crippen LogP contribution in [-0.4, -0.2) is 32.2 Å². The quantitative estimate of drug-likeness (QED) is 0.250. The Kier molecular flexibility index (Phi) is 22.0. The number of hydrogen-bond acceptors (Lipinski definition) is 0. The predicted octanol–water partition coefficient (Wildman–Crippen LogP) is -1.38. The first kappa shape index (κ1) is 24.3. The zero-order valence-corrected chi connectivity index (χ0v) is 16.4. The Hall–Kier alpha value is 1.25. The molecule has 0 bridgehead atoms. The van der Waals surface area contributed by atoms with Crippen LogP contribution >= 0.6 is 0 Å². The third kappa shape index (κ3) is 22.4. The Bertz CT molecular complexity index is 146. The molecule has 0 aromatic carbocycles. The van der Waals surface area contributed by atoms with E-state index < -0.39 is 0 Å². The van der Waals surface area contributed by atoms with Crippen LogP contribution in [0.2, 0.25) is 0 Å². The number of rotatable bonds is 11. The van der Waals surface area contributed by atoms with Crippen LogP contribution in [0.3, 0.4) is 0 Å². The molecule has 1 nitrogen and oxygen atoms in total. The van der Waals surface area contributed by atoms with E-state index >= 15 is 0 Å². The molecule has 0 amide bonds. The molecule has 0 saturated carbocycles. The number of hydrogen-bond donors (Lipinski definition) is 0. The number of halogens is 1. The van der Waals surface area contributed by atoms with Gasteiger partial charge in [-0.05, 0) is 12.8 Å². The molecule has 0 atom stereocenters. The van der Waals surface area contributed by atoms with Crippen molar-refractivity contribution in [3.05, 3.63) is 0 Å². The molecule has 0 aromatic heterocycles. The predicted molar refractivity (Wildman–Crippen MR) is 74.7 cm³/mol. The van der Waals surface area contributed by atoms with Gasteiger partial charge in [0.2, 0.25) is 0 Å². The molecule has 0 aromatic rings. The molecule has 0 unspecified atom stereocenters. The summed E-state index contributed by atoms with van der Waals surface area (Å²) in [4.78, 5) is 0. The van der Waals surface area contributed by atoms with Crippen LogP contribution in [0.25, 0.3) is 0 Å². The van der Waals surface area contributed by atoms with E-state index in [1.165, 1.54) is 70.8 Å². The van der Waals surface area contributed by atoms with Gasteiger partial charge in [0.15, 0.2) is 0 Å². The van der Waals surface area contributed by atoms with Gasteiger partial charge in [-0.1, -0.05) is 58.3 Å². The number of nitrogens with zero attached hydrogens (tertiary/aromatic N) is 1. The van der Waals surface area contributed by atoms with Gasteiger partial charge in [-0.15, -0.1) is 0 Å².